The second kappa shape index (κ2) is 11.4. The fourth-order valence-electron chi connectivity index (χ4n) is 3.95. The van der Waals surface area contributed by atoms with E-state index in [4.69, 9.17) is 36.4 Å². The van der Waals surface area contributed by atoms with Gasteiger partial charge in [0.05, 0.1) is 12.4 Å². The Kier molecular flexibility index (Phi) is 8.31. The Bertz CT molecular complexity index is 1460. The Morgan fingerprint density at radius 2 is 1.98 bits per heavy atom. The number of ether oxygens (including phenoxy) is 2. The zero-order valence-corrected chi connectivity index (χ0v) is 22.8. The SMILES string of the molecule is C#C[C@]1(CO[P@@](=O)(N[C@@H](C)C(=O)OC(C)C)Oc2ccccc2)O[C@@H](n2cnc3c(N)nc(N)nc32)[C@@H](O)C1O. The van der Waals surface area contributed by atoms with E-state index in [9.17, 15) is 19.6 Å². The van der Waals surface area contributed by atoms with Crippen molar-refractivity contribution in [1.82, 2.24) is 24.6 Å². The zero-order valence-electron chi connectivity index (χ0n) is 21.9. The van der Waals surface area contributed by atoms with Crippen LogP contribution in [-0.2, 0) is 23.4 Å². The van der Waals surface area contributed by atoms with E-state index in [1.807, 2.05) is 0 Å². The number of nitrogens with one attached hydrogen (secondary N) is 1. The molecule has 1 fully saturated rings. The molecule has 3 heterocycles. The summed E-state index contributed by atoms with van der Waals surface area (Å²) in [6.07, 6.45) is 1.91. The molecule has 0 radical (unpaired) electrons. The van der Waals surface area contributed by atoms with Crippen molar-refractivity contribution in [2.45, 2.75) is 57.0 Å². The summed E-state index contributed by atoms with van der Waals surface area (Å²) in [6.45, 7) is 4.01. The number of anilines is 2. The van der Waals surface area contributed by atoms with E-state index in [2.05, 4.69) is 26.0 Å². The van der Waals surface area contributed by atoms with Crippen molar-refractivity contribution < 1.29 is 38.1 Å². The van der Waals surface area contributed by atoms with E-state index in [1.54, 1.807) is 32.0 Å². The van der Waals surface area contributed by atoms with Crippen LogP contribution in [0.2, 0.25) is 0 Å². The molecule has 2 aromatic heterocycles. The highest BCUT2D eigenvalue weighted by atomic mass is 31.2. The smallest absolute Gasteiger partial charge is 0.459 e. The number of hydrogen-bond donors (Lipinski definition) is 5. The quantitative estimate of drug-likeness (QED) is 0.128. The molecule has 4 rings (SSSR count). The number of aromatic nitrogens is 4. The Morgan fingerprint density at radius 3 is 2.62 bits per heavy atom. The van der Waals surface area contributed by atoms with Gasteiger partial charge in [-0.2, -0.15) is 15.1 Å². The molecule has 40 heavy (non-hydrogen) atoms. The summed E-state index contributed by atoms with van der Waals surface area (Å²) in [5, 5.41) is 24.4. The van der Waals surface area contributed by atoms with Gasteiger partial charge >= 0.3 is 13.7 Å². The fourth-order valence-corrected chi connectivity index (χ4v) is 5.47. The lowest BCUT2D eigenvalue weighted by atomic mass is 9.97. The van der Waals surface area contributed by atoms with Crippen LogP contribution in [-0.4, -0.2) is 72.3 Å². The molecule has 1 aromatic carbocycles. The molecule has 214 valence electrons. The maximum Gasteiger partial charge on any atom is 0.459 e. The third-order valence-corrected chi connectivity index (χ3v) is 7.51. The number of para-hydroxylation sites is 1. The predicted molar refractivity (Wildman–Crippen MR) is 142 cm³/mol. The average molecular weight is 576 g/mol. The number of benzene rings is 1. The number of terminal acetylenes is 1. The van der Waals surface area contributed by atoms with Gasteiger partial charge in [-0.05, 0) is 32.9 Å². The van der Waals surface area contributed by atoms with E-state index in [0.29, 0.717) is 0 Å². The van der Waals surface area contributed by atoms with Gasteiger partial charge in [0.25, 0.3) is 0 Å². The molecular formula is C24H30N7O8P. The van der Waals surface area contributed by atoms with Crippen LogP contribution in [0.5, 0.6) is 5.75 Å². The maximum absolute atomic E-state index is 13.9. The molecule has 0 saturated carbocycles. The lowest BCUT2D eigenvalue weighted by Gasteiger charge is -2.29. The molecule has 6 atom stereocenters. The molecule has 16 heteroatoms. The van der Waals surface area contributed by atoms with Crippen molar-refractivity contribution in [3.8, 4) is 18.1 Å². The number of rotatable bonds is 10. The largest absolute Gasteiger partial charge is 0.462 e. The minimum atomic E-state index is -4.37. The Labute approximate surface area is 229 Å². The molecule has 3 aromatic rings. The summed E-state index contributed by atoms with van der Waals surface area (Å²) in [5.74, 6) is 1.58. The first kappa shape index (κ1) is 29.2. The minimum Gasteiger partial charge on any atom is -0.462 e. The summed E-state index contributed by atoms with van der Waals surface area (Å²) < 4.78 is 37.5. The number of carbonyl (C=O) groups is 1. The normalized spacial score (nSPS) is 24.9. The molecular weight excluding hydrogens is 545 g/mol. The molecule has 1 unspecified atom stereocenters. The lowest BCUT2D eigenvalue weighted by molar-refractivity contribution is -0.149. The van der Waals surface area contributed by atoms with Crippen molar-refractivity contribution >= 4 is 36.6 Å². The number of nitrogen functional groups attached to an aromatic ring is 2. The van der Waals surface area contributed by atoms with Gasteiger partial charge < -0.3 is 35.7 Å². The first-order chi connectivity index (χ1) is 18.9. The van der Waals surface area contributed by atoms with E-state index >= 15 is 0 Å². The number of carbonyl (C=O) groups excluding carboxylic acids is 1. The summed E-state index contributed by atoms with van der Waals surface area (Å²) in [6, 6.07) is 6.92. The topological polar surface area (TPSA) is 219 Å². The molecule has 7 N–H and O–H groups in total. The number of fused-ring (bicyclic) bond motifs is 1. The molecule has 1 aliphatic heterocycles. The third kappa shape index (κ3) is 5.87. The first-order valence-electron chi connectivity index (χ1n) is 12.1. The maximum atomic E-state index is 13.9. The van der Waals surface area contributed by atoms with Gasteiger partial charge in [0.2, 0.25) is 5.95 Å². The van der Waals surface area contributed by atoms with Gasteiger partial charge in [0.15, 0.2) is 23.3 Å². The second-order valence-electron chi connectivity index (χ2n) is 9.28. The number of aliphatic hydroxyl groups excluding tert-OH is 2. The molecule has 0 spiro atoms. The van der Waals surface area contributed by atoms with E-state index in [0.717, 1.165) is 0 Å². The van der Waals surface area contributed by atoms with E-state index < -0.39 is 56.5 Å². The molecule has 15 nitrogen and oxygen atoms in total. The highest BCUT2D eigenvalue weighted by molar-refractivity contribution is 7.52. The van der Waals surface area contributed by atoms with Crippen molar-refractivity contribution in [3.63, 3.8) is 0 Å². The van der Waals surface area contributed by atoms with Crippen LogP contribution in [0.3, 0.4) is 0 Å². The summed E-state index contributed by atoms with van der Waals surface area (Å²) in [5.41, 5.74) is 9.84. The van der Waals surface area contributed by atoms with Crippen LogP contribution in [0.4, 0.5) is 11.8 Å². The first-order valence-corrected chi connectivity index (χ1v) is 13.7. The van der Waals surface area contributed by atoms with Gasteiger partial charge in [-0.1, -0.05) is 24.1 Å². The van der Waals surface area contributed by atoms with Crippen LogP contribution in [0, 0.1) is 12.3 Å². The summed E-state index contributed by atoms with van der Waals surface area (Å²) in [7, 11) is -4.37. The lowest BCUT2D eigenvalue weighted by Crippen LogP contribution is -2.46. The zero-order chi connectivity index (χ0) is 29.2. The van der Waals surface area contributed by atoms with Gasteiger partial charge in [-0.15, -0.1) is 6.42 Å². The number of nitrogens with zero attached hydrogens (tertiary/aromatic N) is 4. The van der Waals surface area contributed by atoms with Gasteiger partial charge in [0.1, 0.15) is 36.1 Å². The van der Waals surface area contributed by atoms with Gasteiger partial charge in [-0.25, -0.2) is 9.55 Å². The van der Waals surface area contributed by atoms with E-state index in [1.165, 1.54) is 30.0 Å². The third-order valence-electron chi connectivity index (χ3n) is 5.88. The number of nitrogens with two attached hydrogens (primary N) is 2. The van der Waals surface area contributed by atoms with Crippen molar-refractivity contribution in [3.05, 3.63) is 36.7 Å². The Hall–Kier alpha value is -3.77. The molecule has 0 bridgehead atoms. The Balaban J connectivity index is 1.61. The average Bonchev–Trinajstić information content (AvgIpc) is 3.42. The second-order valence-corrected chi connectivity index (χ2v) is 11.0. The molecule has 0 amide bonds. The summed E-state index contributed by atoms with van der Waals surface area (Å²) in [4.78, 5) is 24.5. The van der Waals surface area contributed by atoms with Crippen molar-refractivity contribution in [2.24, 2.45) is 0 Å². The van der Waals surface area contributed by atoms with Crippen molar-refractivity contribution in [2.75, 3.05) is 18.1 Å². The fraction of sp³-hybridized carbons (Fsp3) is 0.417. The number of imidazole rings is 1. The highest BCUT2D eigenvalue weighted by Crippen LogP contribution is 2.48. The van der Waals surface area contributed by atoms with E-state index in [-0.39, 0.29) is 28.7 Å². The van der Waals surface area contributed by atoms with Gasteiger partial charge in [0, 0.05) is 0 Å². The molecule has 1 aliphatic rings. The van der Waals surface area contributed by atoms with Crippen LogP contribution in [0.25, 0.3) is 11.2 Å². The van der Waals surface area contributed by atoms with Crippen LogP contribution in [0.1, 0.15) is 27.0 Å². The standard InChI is InChI=1S/C24H30N7O8P/c1-5-24(18(33)17(32)21(38-24)31-12-27-16-19(25)28-23(26)29-20(16)31)11-36-40(35,39-15-9-7-6-8-10-15)30-14(4)22(34)37-13(2)3/h1,6-10,12-14,17-18,21,32-33H,11H2,2-4H3,(H,30,35)(H4,25,26,28,29)/t14-,17-,18?,21+,24+,40-/m0/s1. The van der Waals surface area contributed by atoms with Crippen molar-refractivity contribution in [1.29, 1.82) is 0 Å². The van der Waals surface area contributed by atoms with Crippen LogP contribution >= 0.6 is 7.75 Å². The number of hydrogen-bond acceptors (Lipinski definition) is 13. The minimum absolute atomic E-state index is 0.00369. The predicted octanol–water partition coefficient (Wildman–Crippen LogP) is 0.747. The molecule has 1 saturated heterocycles. The summed E-state index contributed by atoms with van der Waals surface area (Å²) >= 11 is 0. The van der Waals surface area contributed by atoms with Gasteiger partial charge in [-0.3, -0.25) is 13.9 Å². The Morgan fingerprint density at radius 1 is 1.27 bits per heavy atom. The molecule has 0 aliphatic carbocycles. The number of aliphatic hydroxyl groups is 2. The highest BCUT2D eigenvalue weighted by Gasteiger charge is 2.56. The number of esters is 1. The van der Waals surface area contributed by atoms with Crippen LogP contribution < -0.4 is 21.1 Å². The monoisotopic (exact) mass is 575 g/mol. The van der Waals surface area contributed by atoms with Crippen LogP contribution in [0.15, 0.2) is 36.7 Å².